The second-order valence-corrected chi connectivity index (χ2v) is 6.63. The molecule has 0 amide bonds. The molecule has 1 aliphatic rings. The van der Waals surface area contributed by atoms with Crippen molar-refractivity contribution >= 4 is 23.5 Å². The molecule has 1 aromatic heterocycles. The summed E-state index contributed by atoms with van der Waals surface area (Å²) in [6.45, 7) is 8.16. The fraction of sp³-hybridized carbons (Fsp3) is 0.438. The molecule has 0 N–H and O–H groups in total. The Bertz CT molecular complexity index is 739. The lowest BCUT2D eigenvalue weighted by Crippen LogP contribution is -2.41. The Morgan fingerprint density at radius 2 is 1.76 bits per heavy atom. The third kappa shape index (κ3) is 2.07. The smallest absolute Gasteiger partial charge is 0.399 e. The minimum absolute atomic E-state index is 0.368. The molecule has 4 nitrogen and oxygen atoms in total. The third-order valence-electron chi connectivity index (χ3n) is 4.66. The first-order valence-corrected chi connectivity index (χ1v) is 7.10. The van der Waals surface area contributed by atoms with Gasteiger partial charge in [0.15, 0.2) is 0 Å². The molecular formula is C16H19BN2O2. The fourth-order valence-electron chi connectivity index (χ4n) is 2.65. The van der Waals surface area contributed by atoms with Gasteiger partial charge in [-0.15, -0.1) is 0 Å². The summed E-state index contributed by atoms with van der Waals surface area (Å²) < 4.78 is 14.3. The Labute approximate surface area is 125 Å². The van der Waals surface area contributed by atoms with Gasteiger partial charge in [-0.25, -0.2) is 0 Å². The number of nitriles is 1. The van der Waals surface area contributed by atoms with E-state index in [4.69, 9.17) is 14.6 Å². The van der Waals surface area contributed by atoms with Crippen LogP contribution in [-0.4, -0.2) is 22.9 Å². The van der Waals surface area contributed by atoms with E-state index in [1.54, 1.807) is 0 Å². The second-order valence-electron chi connectivity index (χ2n) is 6.63. The van der Waals surface area contributed by atoms with Gasteiger partial charge in [0, 0.05) is 29.6 Å². The summed E-state index contributed by atoms with van der Waals surface area (Å²) >= 11 is 0. The van der Waals surface area contributed by atoms with Gasteiger partial charge in [0.2, 0.25) is 0 Å². The zero-order valence-electron chi connectivity index (χ0n) is 13.1. The summed E-state index contributed by atoms with van der Waals surface area (Å²) in [5.41, 5.74) is 1.95. The fourth-order valence-corrected chi connectivity index (χ4v) is 2.65. The first kappa shape index (κ1) is 14.2. The first-order chi connectivity index (χ1) is 9.75. The van der Waals surface area contributed by atoms with Crippen molar-refractivity contribution in [1.82, 2.24) is 4.57 Å². The second kappa shape index (κ2) is 4.36. The topological polar surface area (TPSA) is 47.2 Å². The van der Waals surface area contributed by atoms with Crippen LogP contribution in [0.2, 0.25) is 0 Å². The summed E-state index contributed by atoms with van der Waals surface area (Å²) in [6, 6.07) is 7.88. The van der Waals surface area contributed by atoms with E-state index >= 15 is 0 Å². The van der Waals surface area contributed by atoms with Gasteiger partial charge >= 0.3 is 7.12 Å². The Morgan fingerprint density at radius 3 is 2.33 bits per heavy atom. The van der Waals surface area contributed by atoms with Crippen molar-refractivity contribution in [3.63, 3.8) is 0 Å². The van der Waals surface area contributed by atoms with E-state index in [-0.39, 0.29) is 11.2 Å². The normalized spacial score (nSPS) is 19.9. The standard InChI is InChI=1S/C16H19BN2O2/c1-15(2)16(3,4)21-17(20-15)13-10-19(5)14-7-6-11(9-18)8-12(13)14/h6-8,10H,1-5H3. The molecule has 2 heterocycles. The van der Waals surface area contributed by atoms with Crippen molar-refractivity contribution < 1.29 is 9.31 Å². The number of benzene rings is 1. The summed E-state index contributed by atoms with van der Waals surface area (Å²) in [5.74, 6) is 0. The Hall–Kier alpha value is -1.77. The van der Waals surface area contributed by atoms with Gasteiger partial charge in [-0.05, 0) is 45.9 Å². The Morgan fingerprint density at radius 1 is 1.14 bits per heavy atom. The molecule has 2 aromatic rings. The molecule has 1 saturated heterocycles. The molecule has 0 atom stereocenters. The quantitative estimate of drug-likeness (QED) is 0.754. The van der Waals surface area contributed by atoms with Gasteiger partial charge < -0.3 is 13.9 Å². The maximum absolute atomic E-state index is 9.11. The van der Waals surface area contributed by atoms with Crippen LogP contribution in [0.1, 0.15) is 33.3 Å². The maximum atomic E-state index is 9.11. The lowest BCUT2D eigenvalue weighted by atomic mass is 9.79. The molecule has 0 saturated carbocycles. The van der Waals surface area contributed by atoms with Gasteiger partial charge in [0.25, 0.3) is 0 Å². The Kier molecular flexibility index (Phi) is 2.95. The van der Waals surface area contributed by atoms with Crippen molar-refractivity contribution in [3.05, 3.63) is 30.0 Å². The molecule has 108 valence electrons. The lowest BCUT2D eigenvalue weighted by Gasteiger charge is -2.32. The number of nitrogens with zero attached hydrogens (tertiary/aromatic N) is 2. The first-order valence-electron chi connectivity index (χ1n) is 7.10. The van der Waals surface area contributed by atoms with Crippen LogP contribution in [0.25, 0.3) is 10.9 Å². The van der Waals surface area contributed by atoms with Gasteiger partial charge in [-0.1, -0.05) is 0 Å². The number of aromatic nitrogens is 1. The van der Waals surface area contributed by atoms with Gasteiger partial charge in [0.1, 0.15) is 0 Å². The average molecular weight is 282 g/mol. The summed E-state index contributed by atoms with van der Waals surface area (Å²) in [5, 5.41) is 10.1. The molecule has 21 heavy (non-hydrogen) atoms. The summed E-state index contributed by atoms with van der Waals surface area (Å²) in [7, 11) is 1.58. The predicted molar refractivity (Wildman–Crippen MR) is 83.4 cm³/mol. The largest absolute Gasteiger partial charge is 0.497 e. The third-order valence-corrected chi connectivity index (χ3v) is 4.66. The molecule has 1 aliphatic heterocycles. The van der Waals surface area contributed by atoms with E-state index in [0.717, 1.165) is 16.4 Å². The highest BCUT2D eigenvalue weighted by Gasteiger charge is 2.52. The van der Waals surface area contributed by atoms with Crippen LogP contribution in [0, 0.1) is 11.3 Å². The number of aryl methyl sites for hydroxylation is 1. The molecule has 0 spiro atoms. The van der Waals surface area contributed by atoms with Crippen LogP contribution in [0.5, 0.6) is 0 Å². The number of hydrogen-bond acceptors (Lipinski definition) is 3. The van der Waals surface area contributed by atoms with Crippen LogP contribution in [0.4, 0.5) is 0 Å². The predicted octanol–water partition coefficient (Wildman–Crippen LogP) is 2.35. The molecular weight excluding hydrogens is 263 g/mol. The average Bonchev–Trinajstić information content (AvgIpc) is 2.84. The van der Waals surface area contributed by atoms with E-state index in [2.05, 4.69) is 6.07 Å². The molecule has 0 unspecified atom stereocenters. The minimum Gasteiger partial charge on any atom is -0.399 e. The van der Waals surface area contributed by atoms with Gasteiger partial charge in [-0.2, -0.15) is 5.26 Å². The van der Waals surface area contributed by atoms with Crippen LogP contribution in [0.3, 0.4) is 0 Å². The zero-order chi connectivity index (χ0) is 15.4. The van der Waals surface area contributed by atoms with Crippen molar-refractivity contribution in [2.75, 3.05) is 0 Å². The highest BCUT2D eigenvalue weighted by molar-refractivity contribution is 6.65. The van der Waals surface area contributed by atoms with Crippen molar-refractivity contribution in [1.29, 1.82) is 5.26 Å². The number of rotatable bonds is 1. The van der Waals surface area contributed by atoms with Crippen molar-refractivity contribution in [2.24, 2.45) is 7.05 Å². The Balaban J connectivity index is 2.12. The van der Waals surface area contributed by atoms with Gasteiger partial charge in [0.05, 0.1) is 22.8 Å². The summed E-state index contributed by atoms with van der Waals surface area (Å²) in [6.07, 6.45) is 2.02. The lowest BCUT2D eigenvalue weighted by molar-refractivity contribution is 0.00578. The van der Waals surface area contributed by atoms with E-state index in [1.165, 1.54) is 0 Å². The molecule has 1 fully saturated rings. The molecule has 3 rings (SSSR count). The van der Waals surface area contributed by atoms with Crippen LogP contribution >= 0.6 is 0 Å². The van der Waals surface area contributed by atoms with E-state index in [0.29, 0.717) is 5.56 Å². The van der Waals surface area contributed by atoms with E-state index in [9.17, 15) is 0 Å². The summed E-state index contributed by atoms with van der Waals surface area (Å²) in [4.78, 5) is 0. The van der Waals surface area contributed by atoms with Crippen molar-refractivity contribution in [2.45, 2.75) is 38.9 Å². The number of hydrogen-bond donors (Lipinski definition) is 0. The molecule has 5 heteroatoms. The highest BCUT2D eigenvalue weighted by atomic mass is 16.7. The van der Waals surface area contributed by atoms with Crippen LogP contribution < -0.4 is 5.46 Å². The SMILES string of the molecule is Cn1cc(B2OC(C)(C)C(C)(C)O2)c2cc(C#N)ccc21. The van der Waals surface area contributed by atoms with Crippen LogP contribution in [0.15, 0.2) is 24.4 Å². The molecule has 0 bridgehead atoms. The zero-order valence-corrected chi connectivity index (χ0v) is 13.1. The molecule has 1 aromatic carbocycles. The molecule has 0 radical (unpaired) electrons. The minimum atomic E-state index is -0.410. The van der Waals surface area contributed by atoms with Gasteiger partial charge in [-0.3, -0.25) is 0 Å². The highest BCUT2D eigenvalue weighted by Crippen LogP contribution is 2.37. The van der Waals surface area contributed by atoms with E-state index < -0.39 is 7.12 Å². The maximum Gasteiger partial charge on any atom is 0.497 e. The number of fused-ring (bicyclic) bond motifs is 1. The van der Waals surface area contributed by atoms with Crippen molar-refractivity contribution in [3.8, 4) is 6.07 Å². The monoisotopic (exact) mass is 282 g/mol. The molecule has 0 aliphatic carbocycles. The van der Waals surface area contributed by atoms with Crippen LogP contribution in [-0.2, 0) is 16.4 Å². The van der Waals surface area contributed by atoms with E-state index in [1.807, 2.05) is 63.7 Å².